The van der Waals surface area contributed by atoms with Crippen molar-refractivity contribution in [3.05, 3.63) is 18.0 Å². The second kappa shape index (κ2) is 9.11. The van der Waals surface area contributed by atoms with Crippen LogP contribution in [0.1, 0.15) is 44.8 Å². The molecule has 1 aromatic heterocycles. The van der Waals surface area contributed by atoms with Crippen LogP contribution in [0.25, 0.3) is 0 Å². The first-order valence-electron chi connectivity index (χ1n) is 7.01. The minimum absolute atomic E-state index is 0.509. The van der Waals surface area contributed by atoms with E-state index in [1.165, 1.54) is 18.5 Å². The lowest BCUT2D eigenvalue weighted by atomic mass is 10.2. The molecule has 1 N–H and O–H groups in total. The molecule has 18 heavy (non-hydrogen) atoms. The zero-order chi connectivity index (χ0) is 13.2. The lowest BCUT2D eigenvalue weighted by Crippen LogP contribution is -2.20. The van der Waals surface area contributed by atoms with E-state index in [9.17, 15) is 0 Å². The smallest absolute Gasteiger partial charge is 0.0624 e. The summed E-state index contributed by atoms with van der Waals surface area (Å²) >= 11 is 0. The highest BCUT2D eigenvalue weighted by molar-refractivity contribution is 4.99. The van der Waals surface area contributed by atoms with Gasteiger partial charge in [-0.2, -0.15) is 5.10 Å². The molecule has 1 atom stereocenters. The molecule has 0 saturated heterocycles. The maximum Gasteiger partial charge on any atom is 0.0624 e. The van der Waals surface area contributed by atoms with Crippen molar-refractivity contribution in [3.63, 3.8) is 0 Å². The summed E-state index contributed by atoms with van der Waals surface area (Å²) in [4.78, 5) is 0. The molecule has 1 heterocycles. The summed E-state index contributed by atoms with van der Waals surface area (Å²) in [5.74, 6) is 0. The Hall–Kier alpha value is -0.870. The van der Waals surface area contributed by atoms with Gasteiger partial charge in [-0.15, -0.1) is 0 Å². The Kier molecular flexibility index (Phi) is 7.69. The Labute approximate surface area is 111 Å². The van der Waals surface area contributed by atoms with Gasteiger partial charge in [0.1, 0.15) is 0 Å². The van der Waals surface area contributed by atoms with E-state index < -0.39 is 0 Å². The van der Waals surface area contributed by atoms with Crippen LogP contribution in [0.5, 0.6) is 0 Å². The molecule has 0 aliphatic carbocycles. The van der Waals surface area contributed by atoms with Gasteiger partial charge in [-0.25, -0.2) is 0 Å². The standard InChI is InChI=1S/C14H27N3O/c1-4-13(2)17-11-8-14(16-17)7-5-6-9-15-10-12-18-3/h8,11,13,15H,4-7,9-10,12H2,1-3H3. The van der Waals surface area contributed by atoms with Crippen LogP contribution < -0.4 is 5.32 Å². The third-order valence-corrected chi connectivity index (χ3v) is 3.23. The minimum atomic E-state index is 0.509. The molecule has 104 valence electrons. The first-order valence-corrected chi connectivity index (χ1v) is 7.01. The second-order valence-corrected chi connectivity index (χ2v) is 4.74. The Balaban J connectivity index is 2.10. The molecule has 1 rings (SSSR count). The highest BCUT2D eigenvalue weighted by Crippen LogP contribution is 2.10. The monoisotopic (exact) mass is 253 g/mol. The summed E-state index contributed by atoms with van der Waals surface area (Å²) in [6.07, 6.45) is 6.69. The minimum Gasteiger partial charge on any atom is -0.383 e. The number of nitrogens with zero attached hydrogens (tertiary/aromatic N) is 2. The van der Waals surface area contributed by atoms with Crippen molar-refractivity contribution in [2.24, 2.45) is 0 Å². The molecule has 0 saturated carbocycles. The maximum absolute atomic E-state index is 4.98. The number of aryl methyl sites for hydroxylation is 1. The van der Waals surface area contributed by atoms with Crippen LogP contribution in [-0.4, -0.2) is 36.6 Å². The van der Waals surface area contributed by atoms with Gasteiger partial charge in [0.05, 0.1) is 12.3 Å². The van der Waals surface area contributed by atoms with Crippen molar-refractivity contribution >= 4 is 0 Å². The fraction of sp³-hybridized carbons (Fsp3) is 0.786. The summed E-state index contributed by atoms with van der Waals surface area (Å²) in [7, 11) is 1.73. The van der Waals surface area contributed by atoms with Crippen molar-refractivity contribution in [1.29, 1.82) is 0 Å². The van der Waals surface area contributed by atoms with E-state index in [-0.39, 0.29) is 0 Å². The van der Waals surface area contributed by atoms with Gasteiger partial charge in [-0.1, -0.05) is 6.92 Å². The average molecular weight is 253 g/mol. The average Bonchev–Trinajstić information content (AvgIpc) is 2.85. The third kappa shape index (κ3) is 5.65. The summed E-state index contributed by atoms with van der Waals surface area (Å²) < 4.78 is 7.05. The summed E-state index contributed by atoms with van der Waals surface area (Å²) in [5.41, 5.74) is 1.21. The summed E-state index contributed by atoms with van der Waals surface area (Å²) in [5, 5.41) is 7.96. The molecule has 4 nitrogen and oxygen atoms in total. The predicted octanol–water partition coefficient (Wildman–Crippen LogP) is 2.41. The van der Waals surface area contributed by atoms with E-state index in [2.05, 4.69) is 41.2 Å². The fourth-order valence-electron chi connectivity index (χ4n) is 1.80. The number of unbranched alkanes of at least 4 members (excludes halogenated alkanes) is 1. The molecule has 1 unspecified atom stereocenters. The zero-order valence-electron chi connectivity index (χ0n) is 12.0. The topological polar surface area (TPSA) is 39.1 Å². The Bertz CT molecular complexity index is 312. The van der Waals surface area contributed by atoms with Gasteiger partial charge in [0, 0.05) is 25.9 Å². The summed E-state index contributed by atoms with van der Waals surface area (Å²) in [6.45, 7) is 7.20. The van der Waals surface area contributed by atoms with Crippen molar-refractivity contribution in [1.82, 2.24) is 15.1 Å². The van der Waals surface area contributed by atoms with Crippen molar-refractivity contribution in [3.8, 4) is 0 Å². The summed E-state index contributed by atoms with van der Waals surface area (Å²) in [6, 6.07) is 2.65. The Morgan fingerprint density at radius 2 is 2.22 bits per heavy atom. The number of methoxy groups -OCH3 is 1. The molecule has 0 spiro atoms. The predicted molar refractivity (Wildman–Crippen MR) is 74.9 cm³/mol. The molecule has 0 radical (unpaired) electrons. The molecular weight excluding hydrogens is 226 g/mol. The van der Waals surface area contributed by atoms with Crippen LogP contribution in [0.2, 0.25) is 0 Å². The number of ether oxygens (including phenoxy) is 1. The van der Waals surface area contributed by atoms with Crippen LogP contribution in [0, 0.1) is 0 Å². The molecule has 0 aliphatic heterocycles. The molecule has 0 fully saturated rings. The Morgan fingerprint density at radius 1 is 1.39 bits per heavy atom. The van der Waals surface area contributed by atoms with E-state index in [4.69, 9.17) is 4.74 Å². The lowest BCUT2D eigenvalue weighted by molar-refractivity contribution is 0.199. The molecule has 0 aromatic carbocycles. The number of aromatic nitrogens is 2. The largest absolute Gasteiger partial charge is 0.383 e. The molecule has 1 aromatic rings. The highest BCUT2D eigenvalue weighted by atomic mass is 16.5. The van der Waals surface area contributed by atoms with Crippen molar-refractivity contribution in [2.75, 3.05) is 26.8 Å². The van der Waals surface area contributed by atoms with Gasteiger partial charge in [0.25, 0.3) is 0 Å². The lowest BCUT2D eigenvalue weighted by Gasteiger charge is -2.08. The van der Waals surface area contributed by atoms with Crippen LogP contribution in [0.15, 0.2) is 12.3 Å². The quantitative estimate of drug-likeness (QED) is 0.651. The SMILES string of the molecule is CCC(C)n1ccc(CCCCNCCOC)n1. The molecule has 4 heteroatoms. The van der Waals surface area contributed by atoms with Gasteiger partial charge in [0.2, 0.25) is 0 Å². The zero-order valence-corrected chi connectivity index (χ0v) is 12.0. The van der Waals surface area contributed by atoms with Crippen LogP contribution in [0.3, 0.4) is 0 Å². The van der Waals surface area contributed by atoms with E-state index in [0.717, 1.165) is 32.5 Å². The number of hydrogen-bond donors (Lipinski definition) is 1. The second-order valence-electron chi connectivity index (χ2n) is 4.74. The number of rotatable bonds is 10. The van der Waals surface area contributed by atoms with Gasteiger partial charge in [-0.3, -0.25) is 4.68 Å². The molecule has 0 amide bonds. The van der Waals surface area contributed by atoms with Gasteiger partial charge in [-0.05, 0) is 45.2 Å². The number of hydrogen-bond acceptors (Lipinski definition) is 3. The number of nitrogens with one attached hydrogen (secondary N) is 1. The van der Waals surface area contributed by atoms with E-state index >= 15 is 0 Å². The van der Waals surface area contributed by atoms with Gasteiger partial charge < -0.3 is 10.1 Å². The first-order chi connectivity index (χ1) is 8.77. The van der Waals surface area contributed by atoms with E-state index in [1.807, 2.05) is 0 Å². The molecular formula is C14H27N3O. The normalized spacial score (nSPS) is 12.8. The highest BCUT2D eigenvalue weighted by Gasteiger charge is 2.04. The van der Waals surface area contributed by atoms with E-state index in [0.29, 0.717) is 6.04 Å². The van der Waals surface area contributed by atoms with Crippen LogP contribution in [-0.2, 0) is 11.2 Å². The molecule has 0 bridgehead atoms. The van der Waals surface area contributed by atoms with Crippen molar-refractivity contribution in [2.45, 2.75) is 45.6 Å². The van der Waals surface area contributed by atoms with Crippen LogP contribution >= 0.6 is 0 Å². The maximum atomic E-state index is 4.98. The fourth-order valence-corrected chi connectivity index (χ4v) is 1.80. The third-order valence-electron chi connectivity index (χ3n) is 3.23. The van der Waals surface area contributed by atoms with Crippen LogP contribution in [0.4, 0.5) is 0 Å². The van der Waals surface area contributed by atoms with Gasteiger partial charge >= 0.3 is 0 Å². The van der Waals surface area contributed by atoms with E-state index in [1.54, 1.807) is 7.11 Å². The van der Waals surface area contributed by atoms with Crippen molar-refractivity contribution < 1.29 is 4.74 Å². The first kappa shape index (κ1) is 15.2. The molecule has 0 aliphatic rings. The van der Waals surface area contributed by atoms with Gasteiger partial charge in [0.15, 0.2) is 0 Å². The Morgan fingerprint density at radius 3 is 2.94 bits per heavy atom.